The van der Waals surface area contributed by atoms with Crippen molar-refractivity contribution in [2.24, 2.45) is 0 Å². The lowest BCUT2D eigenvalue weighted by Crippen LogP contribution is -1.94. The second kappa shape index (κ2) is 6.20. The van der Waals surface area contributed by atoms with E-state index in [1.807, 2.05) is 31.2 Å². The summed E-state index contributed by atoms with van der Waals surface area (Å²) < 4.78 is 11.0. The number of aliphatic hydroxyl groups excluding tert-OH is 1. The van der Waals surface area contributed by atoms with Gasteiger partial charge in [0.15, 0.2) is 0 Å². The Morgan fingerprint density at radius 1 is 1.11 bits per heavy atom. The summed E-state index contributed by atoms with van der Waals surface area (Å²) >= 11 is 0. The SMILES string of the molecule is CCOc1ccc(Oc2ccc([C@H](C)O)cn2)cc1. The Kier molecular flexibility index (Phi) is 4.36. The standard InChI is InChI=1S/C15H17NO3/c1-3-18-13-5-7-14(8-6-13)19-15-9-4-12(10-16-15)11(2)17/h4-11,17H,3H2,1-2H3/t11-/m0/s1. The summed E-state index contributed by atoms with van der Waals surface area (Å²) in [5.74, 6) is 2.00. The fourth-order valence-electron chi connectivity index (χ4n) is 1.59. The van der Waals surface area contributed by atoms with Crippen molar-refractivity contribution in [1.29, 1.82) is 0 Å². The molecule has 0 bridgehead atoms. The molecule has 19 heavy (non-hydrogen) atoms. The Morgan fingerprint density at radius 2 is 1.79 bits per heavy atom. The number of nitrogens with zero attached hydrogens (tertiary/aromatic N) is 1. The first kappa shape index (κ1) is 13.4. The van der Waals surface area contributed by atoms with Gasteiger partial charge in [-0.2, -0.15) is 0 Å². The normalized spacial score (nSPS) is 11.9. The zero-order valence-electron chi connectivity index (χ0n) is 11.0. The van der Waals surface area contributed by atoms with Crippen molar-refractivity contribution in [3.8, 4) is 17.4 Å². The van der Waals surface area contributed by atoms with Gasteiger partial charge < -0.3 is 14.6 Å². The van der Waals surface area contributed by atoms with E-state index >= 15 is 0 Å². The molecule has 2 aromatic rings. The van der Waals surface area contributed by atoms with Crippen LogP contribution in [0, 0.1) is 0 Å². The molecule has 0 saturated carbocycles. The monoisotopic (exact) mass is 259 g/mol. The molecule has 0 aliphatic rings. The van der Waals surface area contributed by atoms with Crippen LogP contribution >= 0.6 is 0 Å². The van der Waals surface area contributed by atoms with Crippen molar-refractivity contribution < 1.29 is 14.6 Å². The molecular weight excluding hydrogens is 242 g/mol. The predicted molar refractivity (Wildman–Crippen MR) is 72.6 cm³/mol. The lowest BCUT2D eigenvalue weighted by Gasteiger charge is -2.08. The van der Waals surface area contributed by atoms with Gasteiger partial charge in [-0.25, -0.2) is 4.98 Å². The molecule has 4 nitrogen and oxygen atoms in total. The van der Waals surface area contributed by atoms with E-state index in [1.54, 1.807) is 25.3 Å². The summed E-state index contributed by atoms with van der Waals surface area (Å²) in [5, 5.41) is 9.39. The van der Waals surface area contributed by atoms with Crippen LogP contribution in [-0.4, -0.2) is 16.7 Å². The molecule has 1 heterocycles. The Labute approximate surface area is 112 Å². The molecule has 100 valence electrons. The van der Waals surface area contributed by atoms with Crippen LogP contribution in [0.1, 0.15) is 25.5 Å². The highest BCUT2D eigenvalue weighted by molar-refractivity contribution is 5.33. The van der Waals surface area contributed by atoms with E-state index < -0.39 is 6.10 Å². The molecule has 0 radical (unpaired) electrons. The van der Waals surface area contributed by atoms with Gasteiger partial charge in [-0.1, -0.05) is 0 Å². The lowest BCUT2D eigenvalue weighted by atomic mass is 10.2. The minimum absolute atomic E-state index is 0.494. The van der Waals surface area contributed by atoms with Gasteiger partial charge in [0, 0.05) is 12.3 Å². The van der Waals surface area contributed by atoms with Crippen LogP contribution in [0.25, 0.3) is 0 Å². The Balaban J connectivity index is 2.04. The van der Waals surface area contributed by atoms with Gasteiger partial charge in [0.05, 0.1) is 12.7 Å². The fourth-order valence-corrected chi connectivity index (χ4v) is 1.59. The summed E-state index contributed by atoms with van der Waals surface area (Å²) in [6, 6.07) is 10.9. The molecule has 0 spiro atoms. The molecule has 0 unspecified atom stereocenters. The van der Waals surface area contributed by atoms with E-state index in [9.17, 15) is 5.11 Å². The van der Waals surface area contributed by atoms with Gasteiger partial charge in [-0.15, -0.1) is 0 Å². The summed E-state index contributed by atoms with van der Waals surface area (Å²) in [5.41, 5.74) is 0.763. The molecule has 0 saturated heterocycles. The first-order valence-corrected chi connectivity index (χ1v) is 6.23. The number of hydrogen-bond donors (Lipinski definition) is 1. The molecule has 0 amide bonds. The van der Waals surface area contributed by atoms with Crippen molar-refractivity contribution in [2.75, 3.05) is 6.61 Å². The Hall–Kier alpha value is -2.07. The van der Waals surface area contributed by atoms with Gasteiger partial charge in [-0.05, 0) is 49.7 Å². The maximum absolute atomic E-state index is 9.39. The van der Waals surface area contributed by atoms with Crippen LogP contribution in [0.3, 0.4) is 0 Å². The zero-order valence-corrected chi connectivity index (χ0v) is 11.0. The fraction of sp³-hybridized carbons (Fsp3) is 0.267. The first-order valence-electron chi connectivity index (χ1n) is 6.23. The van der Waals surface area contributed by atoms with Crippen molar-refractivity contribution in [3.63, 3.8) is 0 Å². The van der Waals surface area contributed by atoms with Crippen LogP contribution in [0.5, 0.6) is 17.4 Å². The van der Waals surface area contributed by atoms with Crippen molar-refractivity contribution in [1.82, 2.24) is 4.98 Å². The number of hydrogen-bond acceptors (Lipinski definition) is 4. The minimum Gasteiger partial charge on any atom is -0.494 e. The molecule has 1 atom stereocenters. The Morgan fingerprint density at radius 3 is 2.32 bits per heavy atom. The van der Waals surface area contributed by atoms with E-state index in [2.05, 4.69) is 4.98 Å². The van der Waals surface area contributed by atoms with Crippen molar-refractivity contribution >= 4 is 0 Å². The molecule has 1 aromatic carbocycles. The lowest BCUT2D eigenvalue weighted by molar-refractivity contribution is 0.198. The predicted octanol–water partition coefficient (Wildman–Crippen LogP) is 3.33. The Bertz CT molecular complexity index is 506. The highest BCUT2D eigenvalue weighted by Crippen LogP contribution is 2.23. The van der Waals surface area contributed by atoms with Gasteiger partial charge in [-0.3, -0.25) is 0 Å². The van der Waals surface area contributed by atoms with Crippen LogP contribution in [0.15, 0.2) is 42.6 Å². The smallest absolute Gasteiger partial charge is 0.219 e. The van der Waals surface area contributed by atoms with Gasteiger partial charge >= 0.3 is 0 Å². The van der Waals surface area contributed by atoms with E-state index in [1.165, 1.54) is 0 Å². The number of rotatable bonds is 5. The maximum Gasteiger partial charge on any atom is 0.219 e. The third-order valence-electron chi connectivity index (χ3n) is 2.60. The minimum atomic E-state index is -0.521. The molecule has 2 rings (SSSR count). The zero-order chi connectivity index (χ0) is 13.7. The number of aromatic nitrogens is 1. The molecule has 1 N–H and O–H groups in total. The van der Waals surface area contributed by atoms with Crippen molar-refractivity contribution in [2.45, 2.75) is 20.0 Å². The van der Waals surface area contributed by atoms with Crippen LogP contribution in [0.2, 0.25) is 0 Å². The number of aliphatic hydroxyl groups is 1. The molecule has 0 fully saturated rings. The number of benzene rings is 1. The first-order chi connectivity index (χ1) is 9.19. The molecular formula is C15H17NO3. The van der Waals surface area contributed by atoms with Gasteiger partial charge in [0.1, 0.15) is 11.5 Å². The topological polar surface area (TPSA) is 51.6 Å². The van der Waals surface area contributed by atoms with Crippen LogP contribution in [-0.2, 0) is 0 Å². The maximum atomic E-state index is 9.39. The largest absolute Gasteiger partial charge is 0.494 e. The van der Waals surface area contributed by atoms with E-state index in [4.69, 9.17) is 9.47 Å². The summed E-state index contributed by atoms with van der Waals surface area (Å²) in [7, 11) is 0. The van der Waals surface area contributed by atoms with E-state index in [0.29, 0.717) is 18.2 Å². The molecule has 4 heteroatoms. The third-order valence-corrected chi connectivity index (χ3v) is 2.60. The highest BCUT2D eigenvalue weighted by atomic mass is 16.5. The van der Waals surface area contributed by atoms with Gasteiger partial charge in [0.2, 0.25) is 5.88 Å². The molecule has 1 aromatic heterocycles. The van der Waals surface area contributed by atoms with Crippen LogP contribution in [0.4, 0.5) is 0 Å². The number of ether oxygens (including phenoxy) is 2. The summed E-state index contributed by atoms with van der Waals surface area (Å²) in [4.78, 5) is 4.14. The summed E-state index contributed by atoms with van der Waals surface area (Å²) in [6.45, 7) is 4.28. The second-order valence-electron chi connectivity index (χ2n) is 4.11. The molecule has 0 aliphatic carbocycles. The highest BCUT2D eigenvalue weighted by Gasteiger charge is 2.03. The quantitative estimate of drug-likeness (QED) is 0.894. The summed E-state index contributed by atoms with van der Waals surface area (Å²) in [6.07, 6.45) is 1.08. The second-order valence-corrected chi connectivity index (χ2v) is 4.11. The average Bonchev–Trinajstić information content (AvgIpc) is 2.42. The molecule has 0 aliphatic heterocycles. The van der Waals surface area contributed by atoms with E-state index in [-0.39, 0.29) is 0 Å². The van der Waals surface area contributed by atoms with Gasteiger partial charge in [0.25, 0.3) is 0 Å². The van der Waals surface area contributed by atoms with E-state index in [0.717, 1.165) is 11.3 Å². The third kappa shape index (κ3) is 3.69. The van der Waals surface area contributed by atoms with Crippen LogP contribution < -0.4 is 9.47 Å². The average molecular weight is 259 g/mol. The number of pyridine rings is 1. The van der Waals surface area contributed by atoms with Crippen molar-refractivity contribution in [3.05, 3.63) is 48.2 Å².